The molecule has 26 heavy (non-hydrogen) atoms. The van der Waals surface area contributed by atoms with E-state index >= 15 is 0 Å². The molecule has 0 atom stereocenters. The number of benzene rings is 1. The van der Waals surface area contributed by atoms with E-state index in [1.54, 1.807) is 30.3 Å². The molecule has 0 bridgehead atoms. The van der Waals surface area contributed by atoms with Gasteiger partial charge in [0.2, 0.25) is 0 Å². The number of carbonyl (C=O) groups excluding carboxylic acids is 2. The number of thiophene rings is 1. The Morgan fingerprint density at radius 3 is 2.65 bits per heavy atom. The Bertz CT molecular complexity index is 916. The molecule has 0 aliphatic rings. The molecule has 3 rings (SSSR count). The second-order valence-corrected chi connectivity index (χ2v) is 6.49. The van der Waals surface area contributed by atoms with Crippen LogP contribution >= 0.6 is 11.3 Å². The number of para-hydroxylation sites is 2. The number of aryl methyl sites for hydroxylation is 1. The van der Waals surface area contributed by atoms with Gasteiger partial charge in [-0.05, 0) is 49.7 Å². The molecule has 0 unspecified atom stereocenters. The van der Waals surface area contributed by atoms with Crippen molar-refractivity contribution in [3.63, 3.8) is 0 Å². The van der Waals surface area contributed by atoms with E-state index in [4.69, 9.17) is 9.15 Å². The lowest BCUT2D eigenvalue weighted by atomic mass is 10.2. The van der Waals surface area contributed by atoms with Gasteiger partial charge in [-0.15, -0.1) is 11.3 Å². The summed E-state index contributed by atoms with van der Waals surface area (Å²) in [6, 6.07) is 12.2. The molecule has 0 spiro atoms. The maximum Gasteiger partial charge on any atom is 0.291 e. The summed E-state index contributed by atoms with van der Waals surface area (Å²) >= 11 is 1.21. The molecule has 2 aromatic heterocycles. The lowest BCUT2D eigenvalue weighted by molar-refractivity contribution is 0.0995. The zero-order valence-corrected chi connectivity index (χ0v) is 15.2. The van der Waals surface area contributed by atoms with Crippen molar-refractivity contribution < 1.29 is 18.7 Å². The van der Waals surface area contributed by atoms with E-state index in [0.29, 0.717) is 27.9 Å². The van der Waals surface area contributed by atoms with Gasteiger partial charge in [0, 0.05) is 0 Å². The molecular formula is C19H18N2O4S. The standard InChI is InChI=1S/C19H18N2O4S/c1-3-24-14-8-5-4-7-13(14)20-19(23)17-12(2)11-16(26-17)21-18(22)15-9-6-10-25-15/h4-11H,3H2,1-2H3,(H,20,23)(H,21,22). The average Bonchev–Trinajstić information content (AvgIpc) is 3.27. The Morgan fingerprint density at radius 2 is 1.92 bits per heavy atom. The lowest BCUT2D eigenvalue weighted by Gasteiger charge is -2.10. The molecule has 0 radical (unpaired) electrons. The third-order valence-electron chi connectivity index (χ3n) is 3.54. The summed E-state index contributed by atoms with van der Waals surface area (Å²) in [5.41, 5.74) is 1.38. The Balaban J connectivity index is 1.74. The van der Waals surface area contributed by atoms with E-state index < -0.39 is 0 Å². The first-order valence-electron chi connectivity index (χ1n) is 8.07. The van der Waals surface area contributed by atoms with Crippen molar-refractivity contribution in [1.29, 1.82) is 0 Å². The molecule has 0 fully saturated rings. The highest BCUT2D eigenvalue weighted by Crippen LogP contribution is 2.30. The maximum absolute atomic E-state index is 12.6. The van der Waals surface area contributed by atoms with Crippen LogP contribution in [-0.4, -0.2) is 18.4 Å². The molecule has 2 heterocycles. The highest BCUT2D eigenvalue weighted by molar-refractivity contribution is 7.18. The fourth-order valence-corrected chi connectivity index (χ4v) is 3.34. The van der Waals surface area contributed by atoms with Gasteiger partial charge in [-0.2, -0.15) is 0 Å². The maximum atomic E-state index is 12.6. The van der Waals surface area contributed by atoms with E-state index in [2.05, 4.69) is 10.6 Å². The van der Waals surface area contributed by atoms with Crippen molar-refractivity contribution in [3.05, 3.63) is 64.9 Å². The van der Waals surface area contributed by atoms with Gasteiger partial charge in [0.1, 0.15) is 5.75 Å². The molecule has 0 aliphatic carbocycles. The van der Waals surface area contributed by atoms with Gasteiger partial charge in [-0.1, -0.05) is 12.1 Å². The van der Waals surface area contributed by atoms with Crippen LogP contribution in [0.2, 0.25) is 0 Å². The van der Waals surface area contributed by atoms with E-state index in [-0.39, 0.29) is 17.6 Å². The Labute approximate surface area is 154 Å². The minimum Gasteiger partial charge on any atom is -0.492 e. The number of carbonyl (C=O) groups is 2. The molecule has 2 N–H and O–H groups in total. The normalized spacial score (nSPS) is 10.4. The van der Waals surface area contributed by atoms with Crippen molar-refractivity contribution in [2.45, 2.75) is 13.8 Å². The van der Waals surface area contributed by atoms with Crippen molar-refractivity contribution in [2.24, 2.45) is 0 Å². The first-order chi connectivity index (χ1) is 12.6. The summed E-state index contributed by atoms with van der Waals surface area (Å²) in [6.45, 7) is 4.21. The fraction of sp³-hybridized carbons (Fsp3) is 0.158. The van der Waals surface area contributed by atoms with E-state index in [1.165, 1.54) is 17.6 Å². The molecule has 3 aromatic rings. The smallest absolute Gasteiger partial charge is 0.291 e. The molecule has 1 aromatic carbocycles. The van der Waals surface area contributed by atoms with Crippen molar-refractivity contribution >= 4 is 33.8 Å². The van der Waals surface area contributed by atoms with Gasteiger partial charge in [0.15, 0.2) is 5.76 Å². The number of amides is 2. The van der Waals surface area contributed by atoms with E-state index in [9.17, 15) is 9.59 Å². The number of nitrogens with one attached hydrogen (secondary N) is 2. The quantitative estimate of drug-likeness (QED) is 0.667. The molecule has 0 saturated carbocycles. The summed E-state index contributed by atoms with van der Waals surface area (Å²) < 4.78 is 10.6. The van der Waals surface area contributed by atoms with Crippen LogP contribution in [0.25, 0.3) is 0 Å². The topological polar surface area (TPSA) is 80.6 Å². The molecule has 0 aliphatic heterocycles. The van der Waals surface area contributed by atoms with Crippen molar-refractivity contribution in [2.75, 3.05) is 17.2 Å². The van der Waals surface area contributed by atoms with Gasteiger partial charge in [0.25, 0.3) is 11.8 Å². The lowest BCUT2D eigenvalue weighted by Crippen LogP contribution is -2.12. The van der Waals surface area contributed by atoms with Gasteiger partial charge >= 0.3 is 0 Å². The van der Waals surface area contributed by atoms with Crippen LogP contribution in [0.15, 0.2) is 53.1 Å². The van der Waals surface area contributed by atoms with Gasteiger partial charge < -0.3 is 19.8 Å². The predicted molar refractivity (Wildman–Crippen MR) is 101 cm³/mol. The van der Waals surface area contributed by atoms with Crippen LogP contribution in [0.3, 0.4) is 0 Å². The molecule has 2 amide bonds. The van der Waals surface area contributed by atoms with Gasteiger partial charge in [-0.25, -0.2) is 0 Å². The van der Waals surface area contributed by atoms with Crippen LogP contribution in [0.5, 0.6) is 5.75 Å². The summed E-state index contributed by atoms with van der Waals surface area (Å²) in [5, 5.41) is 6.18. The fourth-order valence-electron chi connectivity index (χ4n) is 2.38. The number of rotatable bonds is 6. The number of hydrogen-bond donors (Lipinski definition) is 2. The zero-order valence-electron chi connectivity index (χ0n) is 14.4. The second kappa shape index (κ2) is 7.88. The van der Waals surface area contributed by atoms with Crippen molar-refractivity contribution in [1.82, 2.24) is 0 Å². The van der Waals surface area contributed by atoms with Crippen LogP contribution in [0.1, 0.15) is 32.7 Å². The first-order valence-corrected chi connectivity index (χ1v) is 8.88. The third-order valence-corrected chi connectivity index (χ3v) is 4.69. The second-order valence-electron chi connectivity index (χ2n) is 5.44. The Kier molecular flexibility index (Phi) is 5.38. The summed E-state index contributed by atoms with van der Waals surface area (Å²) in [6.07, 6.45) is 1.43. The zero-order chi connectivity index (χ0) is 18.5. The van der Waals surface area contributed by atoms with Crippen LogP contribution in [0, 0.1) is 6.92 Å². The molecule has 6 nitrogen and oxygen atoms in total. The average molecular weight is 370 g/mol. The Hall–Kier alpha value is -3.06. The number of hydrogen-bond acceptors (Lipinski definition) is 5. The predicted octanol–water partition coefficient (Wildman–Crippen LogP) is 4.55. The minimum atomic E-state index is -0.357. The number of ether oxygens (including phenoxy) is 1. The van der Waals surface area contributed by atoms with Gasteiger partial charge in [-0.3, -0.25) is 9.59 Å². The van der Waals surface area contributed by atoms with E-state index in [0.717, 1.165) is 5.56 Å². The Morgan fingerprint density at radius 1 is 1.12 bits per heavy atom. The molecular weight excluding hydrogens is 352 g/mol. The SMILES string of the molecule is CCOc1ccccc1NC(=O)c1sc(NC(=O)c2ccco2)cc1C. The van der Waals surface area contributed by atoms with E-state index in [1.807, 2.05) is 26.0 Å². The largest absolute Gasteiger partial charge is 0.492 e. The van der Waals surface area contributed by atoms with Crippen LogP contribution in [-0.2, 0) is 0 Å². The number of anilines is 2. The summed E-state index contributed by atoms with van der Waals surface area (Å²) in [4.78, 5) is 25.2. The third kappa shape index (κ3) is 3.94. The number of furan rings is 1. The summed E-state index contributed by atoms with van der Waals surface area (Å²) in [5.74, 6) is 0.222. The minimum absolute atomic E-state index is 0.215. The van der Waals surface area contributed by atoms with Gasteiger partial charge in [0.05, 0.1) is 28.4 Å². The monoisotopic (exact) mass is 370 g/mol. The first kappa shape index (κ1) is 17.8. The molecule has 0 saturated heterocycles. The molecule has 134 valence electrons. The highest BCUT2D eigenvalue weighted by Gasteiger charge is 2.17. The summed E-state index contributed by atoms with van der Waals surface area (Å²) in [7, 11) is 0. The van der Waals surface area contributed by atoms with Crippen LogP contribution < -0.4 is 15.4 Å². The molecule has 7 heteroatoms. The van der Waals surface area contributed by atoms with Crippen molar-refractivity contribution in [3.8, 4) is 5.75 Å². The highest BCUT2D eigenvalue weighted by atomic mass is 32.1. The van der Waals surface area contributed by atoms with Crippen LogP contribution in [0.4, 0.5) is 10.7 Å².